The topological polar surface area (TPSA) is 92.9 Å². The average Bonchev–Trinajstić information content (AvgIpc) is 3.27. The smallest absolute Gasteiger partial charge is 0.409 e. The van der Waals surface area contributed by atoms with Gasteiger partial charge in [0.1, 0.15) is 5.00 Å². The minimum atomic E-state index is -1.12. The van der Waals surface area contributed by atoms with Crippen LogP contribution in [0.3, 0.4) is 0 Å². The van der Waals surface area contributed by atoms with E-state index >= 15 is 0 Å². The number of hydrogen-bond acceptors (Lipinski definition) is 5. The molecule has 0 bridgehead atoms. The lowest BCUT2D eigenvalue weighted by molar-refractivity contribution is 0.210. The van der Waals surface area contributed by atoms with Gasteiger partial charge in [0.2, 0.25) is 0 Å². The van der Waals surface area contributed by atoms with E-state index in [1.807, 2.05) is 56.6 Å². The fourth-order valence-corrected chi connectivity index (χ4v) is 3.99. The number of carboxylic acid groups (broad SMARTS) is 1. The molecule has 3 aromatic heterocycles. The lowest BCUT2D eigenvalue weighted by Crippen LogP contribution is -2.07. The van der Waals surface area contributed by atoms with Gasteiger partial charge in [-0.3, -0.25) is 15.0 Å². The van der Waals surface area contributed by atoms with E-state index in [1.54, 1.807) is 4.68 Å². The molecule has 160 valence electrons. The largest absolute Gasteiger partial charge is 0.465 e. The van der Waals surface area contributed by atoms with Crippen molar-refractivity contribution in [1.82, 2.24) is 19.1 Å². The van der Waals surface area contributed by atoms with Crippen LogP contribution in [0, 0.1) is 5.92 Å². The normalized spacial score (nSPS) is 13.0. The molecule has 5 rings (SSSR count). The van der Waals surface area contributed by atoms with Gasteiger partial charge >= 0.3 is 6.09 Å². The van der Waals surface area contributed by atoms with Gasteiger partial charge in [-0.2, -0.15) is 9.47 Å². The number of pyridine rings is 1. The lowest BCUT2D eigenvalue weighted by atomic mass is 10.0. The molecule has 3 heterocycles. The Morgan fingerprint density at radius 1 is 1.29 bits per heavy atom. The zero-order valence-electron chi connectivity index (χ0n) is 17.8. The van der Waals surface area contributed by atoms with Crippen molar-refractivity contribution in [3.05, 3.63) is 48.3 Å². The second kappa shape index (κ2) is 8.85. The maximum atomic E-state index is 11.2. The van der Waals surface area contributed by atoms with Crippen molar-refractivity contribution in [3.63, 3.8) is 0 Å². The molecule has 0 atom stereocenters. The summed E-state index contributed by atoms with van der Waals surface area (Å²) in [5, 5.41) is 17.5. The highest BCUT2D eigenvalue weighted by Gasteiger charge is 2.20. The Morgan fingerprint density at radius 2 is 2.06 bits per heavy atom. The number of aromatic nitrogens is 4. The number of aryl methyl sites for hydroxylation is 2. The van der Waals surface area contributed by atoms with Crippen LogP contribution < -0.4 is 5.32 Å². The summed E-state index contributed by atoms with van der Waals surface area (Å²) in [6, 6.07) is 11.7. The quantitative estimate of drug-likeness (QED) is 0.421. The minimum Gasteiger partial charge on any atom is -0.465 e. The first kappa shape index (κ1) is 21.0. The Labute approximate surface area is 184 Å². The van der Waals surface area contributed by atoms with Gasteiger partial charge in [-0.1, -0.05) is 38.8 Å². The Balaban J connectivity index is 0.000000520. The van der Waals surface area contributed by atoms with E-state index in [4.69, 9.17) is 0 Å². The number of anilines is 1. The fraction of sp³-hybridized carbons (Fsp3) is 0.304. The molecular formula is C23H25N5O2S. The predicted octanol–water partition coefficient (Wildman–Crippen LogP) is 5.83. The van der Waals surface area contributed by atoms with Crippen LogP contribution in [0.1, 0.15) is 32.4 Å². The van der Waals surface area contributed by atoms with Crippen molar-refractivity contribution in [2.75, 3.05) is 5.32 Å². The summed E-state index contributed by atoms with van der Waals surface area (Å²) in [6.07, 6.45) is 4.59. The molecule has 0 radical (unpaired) electrons. The first-order chi connectivity index (χ1) is 14.9. The maximum absolute atomic E-state index is 11.2. The molecule has 1 aliphatic carbocycles. The summed E-state index contributed by atoms with van der Waals surface area (Å²) < 4.78 is 6.30. The molecule has 0 saturated heterocycles. The summed E-state index contributed by atoms with van der Waals surface area (Å²) in [6.45, 7) is 4.31. The second-order valence-corrected chi connectivity index (χ2v) is 8.57. The maximum Gasteiger partial charge on any atom is 0.409 e. The number of carbonyl (C=O) groups is 1. The van der Waals surface area contributed by atoms with Crippen LogP contribution in [0.25, 0.3) is 33.4 Å². The van der Waals surface area contributed by atoms with Gasteiger partial charge in [-0.05, 0) is 48.1 Å². The van der Waals surface area contributed by atoms with Crippen LogP contribution in [0.15, 0.2) is 42.6 Å². The molecule has 1 amide bonds. The van der Waals surface area contributed by atoms with Crippen LogP contribution in [0.2, 0.25) is 0 Å². The van der Waals surface area contributed by atoms with Gasteiger partial charge in [0.15, 0.2) is 0 Å². The van der Waals surface area contributed by atoms with Crippen molar-refractivity contribution < 1.29 is 9.90 Å². The van der Waals surface area contributed by atoms with E-state index < -0.39 is 6.09 Å². The first-order valence-electron chi connectivity index (χ1n) is 10.3. The third-order valence-electron chi connectivity index (χ3n) is 5.10. The summed E-state index contributed by atoms with van der Waals surface area (Å²) in [5.74, 6) is 1.08. The fourth-order valence-electron chi connectivity index (χ4n) is 3.19. The van der Waals surface area contributed by atoms with Crippen LogP contribution in [-0.4, -0.2) is 30.3 Å². The molecule has 4 aromatic rings. The molecule has 0 aliphatic heterocycles. The van der Waals surface area contributed by atoms with E-state index in [9.17, 15) is 9.90 Å². The summed E-state index contributed by atoms with van der Waals surface area (Å²) in [4.78, 5) is 15.9. The highest BCUT2D eigenvalue weighted by Crippen LogP contribution is 2.40. The molecule has 7 nitrogen and oxygen atoms in total. The van der Waals surface area contributed by atoms with Gasteiger partial charge < -0.3 is 5.11 Å². The van der Waals surface area contributed by atoms with Crippen molar-refractivity contribution >= 4 is 33.5 Å². The van der Waals surface area contributed by atoms with E-state index in [2.05, 4.69) is 26.7 Å². The molecule has 8 heteroatoms. The standard InChI is InChI=1S/C19H17N5O2S.C4H8/c1-3-13-5-4-6-15(20-13)16-17(23-27-18(16)21-19(25)26)11-7-8-14-12(9-11)10-24(2)22-14;1-4-2-3-4/h4-10,21H,3H2,1-2H3,(H,25,26);4H,2-3H2,1H3. The molecule has 0 unspecified atom stereocenters. The van der Waals surface area contributed by atoms with Crippen LogP contribution in [0.5, 0.6) is 0 Å². The third kappa shape index (κ3) is 4.91. The molecule has 2 N–H and O–H groups in total. The minimum absolute atomic E-state index is 0.463. The second-order valence-electron chi connectivity index (χ2n) is 7.79. The van der Waals surface area contributed by atoms with Crippen molar-refractivity contribution in [3.8, 4) is 22.5 Å². The number of nitrogens with one attached hydrogen (secondary N) is 1. The summed E-state index contributed by atoms with van der Waals surface area (Å²) in [5.41, 5.74) is 4.83. The van der Waals surface area contributed by atoms with Gasteiger partial charge in [0, 0.05) is 29.9 Å². The summed E-state index contributed by atoms with van der Waals surface area (Å²) in [7, 11) is 1.88. The van der Waals surface area contributed by atoms with E-state index in [-0.39, 0.29) is 0 Å². The molecular weight excluding hydrogens is 410 g/mol. The van der Waals surface area contributed by atoms with E-state index in [1.165, 1.54) is 12.8 Å². The van der Waals surface area contributed by atoms with Gasteiger partial charge in [-0.25, -0.2) is 4.79 Å². The van der Waals surface area contributed by atoms with Crippen molar-refractivity contribution in [2.45, 2.75) is 33.1 Å². The Bertz CT molecular complexity index is 1230. The van der Waals surface area contributed by atoms with E-state index in [0.29, 0.717) is 22.0 Å². The van der Waals surface area contributed by atoms with Gasteiger partial charge in [0.05, 0.1) is 22.5 Å². The highest BCUT2D eigenvalue weighted by atomic mass is 32.1. The number of hydrogen-bond donors (Lipinski definition) is 2. The molecule has 1 saturated carbocycles. The Hall–Kier alpha value is -3.26. The number of nitrogens with zero attached hydrogens (tertiary/aromatic N) is 4. The first-order valence-corrected chi connectivity index (χ1v) is 11.1. The molecule has 1 aromatic carbocycles. The van der Waals surface area contributed by atoms with Crippen LogP contribution in [0.4, 0.5) is 9.80 Å². The van der Waals surface area contributed by atoms with Crippen LogP contribution >= 0.6 is 11.5 Å². The summed E-state index contributed by atoms with van der Waals surface area (Å²) >= 11 is 1.12. The number of fused-ring (bicyclic) bond motifs is 1. The molecule has 1 fully saturated rings. The van der Waals surface area contributed by atoms with Crippen molar-refractivity contribution in [1.29, 1.82) is 0 Å². The van der Waals surface area contributed by atoms with E-state index in [0.717, 1.165) is 46.0 Å². The number of benzene rings is 1. The zero-order valence-corrected chi connectivity index (χ0v) is 18.6. The third-order valence-corrected chi connectivity index (χ3v) is 5.86. The number of rotatable bonds is 4. The van der Waals surface area contributed by atoms with Crippen molar-refractivity contribution in [2.24, 2.45) is 13.0 Å². The van der Waals surface area contributed by atoms with Gasteiger partial charge in [0.25, 0.3) is 0 Å². The lowest BCUT2D eigenvalue weighted by Gasteiger charge is -2.07. The zero-order chi connectivity index (χ0) is 22.0. The Kier molecular flexibility index (Phi) is 5.99. The average molecular weight is 436 g/mol. The van der Waals surface area contributed by atoms with Crippen LogP contribution in [-0.2, 0) is 13.5 Å². The highest BCUT2D eigenvalue weighted by molar-refractivity contribution is 7.11. The molecule has 0 spiro atoms. The SMILES string of the molecule is CC1CC1.CCc1cccc(-c2c(-c3ccc4nn(C)cc4c3)nsc2NC(=O)O)n1. The number of amides is 1. The van der Waals surface area contributed by atoms with Gasteiger partial charge in [-0.15, -0.1) is 0 Å². The predicted molar refractivity (Wildman–Crippen MR) is 124 cm³/mol. The Morgan fingerprint density at radius 3 is 2.74 bits per heavy atom. The monoisotopic (exact) mass is 435 g/mol. The molecule has 31 heavy (non-hydrogen) atoms. The molecule has 1 aliphatic rings.